The van der Waals surface area contributed by atoms with Crippen molar-refractivity contribution in [1.29, 1.82) is 0 Å². The first-order chi connectivity index (χ1) is 13.5. The molecule has 3 amide bonds. The van der Waals surface area contributed by atoms with Gasteiger partial charge in [-0.25, -0.2) is 10.2 Å². The number of carbonyl (C=O) groups excluding carboxylic acids is 2. The molecular formula is C21H21N3O4. The number of urea groups is 1. The molecule has 0 aromatic heterocycles. The third-order valence-electron chi connectivity index (χ3n) is 4.03. The molecule has 0 fully saturated rings. The Hall–Kier alpha value is -3.74. The van der Waals surface area contributed by atoms with E-state index in [9.17, 15) is 9.59 Å². The SMILES string of the molecule is COc1cccc(NC(=O)NNC(=O)C(C)Oc2ccc3ccccc3c2)c1. The van der Waals surface area contributed by atoms with Gasteiger partial charge in [-0.2, -0.15) is 0 Å². The van der Waals surface area contributed by atoms with Crippen LogP contribution in [0.4, 0.5) is 10.5 Å². The van der Waals surface area contributed by atoms with Gasteiger partial charge in [0.2, 0.25) is 0 Å². The molecular weight excluding hydrogens is 358 g/mol. The minimum atomic E-state index is -0.793. The highest BCUT2D eigenvalue weighted by Crippen LogP contribution is 2.21. The van der Waals surface area contributed by atoms with Gasteiger partial charge in [0.15, 0.2) is 6.10 Å². The van der Waals surface area contributed by atoms with Gasteiger partial charge in [-0.3, -0.25) is 10.2 Å². The summed E-state index contributed by atoms with van der Waals surface area (Å²) in [6.45, 7) is 1.60. The molecule has 1 unspecified atom stereocenters. The van der Waals surface area contributed by atoms with Crippen molar-refractivity contribution in [3.05, 3.63) is 66.7 Å². The molecule has 0 saturated heterocycles. The first-order valence-electron chi connectivity index (χ1n) is 8.71. The fourth-order valence-corrected chi connectivity index (χ4v) is 2.58. The number of fused-ring (bicyclic) bond motifs is 1. The minimum absolute atomic E-state index is 0.478. The van der Waals surface area contributed by atoms with E-state index in [1.165, 1.54) is 7.11 Å². The highest BCUT2D eigenvalue weighted by Gasteiger charge is 2.15. The molecule has 7 nitrogen and oxygen atoms in total. The average Bonchev–Trinajstić information content (AvgIpc) is 2.72. The highest BCUT2D eigenvalue weighted by molar-refractivity contribution is 5.91. The summed E-state index contributed by atoms with van der Waals surface area (Å²) in [5, 5.41) is 4.70. The van der Waals surface area contributed by atoms with Gasteiger partial charge in [0.25, 0.3) is 5.91 Å². The molecule has 0 bridgehead atoms. The lowest BCUT2D eigenvalue weighted by Crippen LogP contribution is -2.48. The number of rotatable bonds is 5. The Morgan fingerprint density at radius 2 is 1.64 bits per heavy atom. The van der Waals surface area contributed by atoms with E-state index in [0.717, 1.165) is 10.8 Å². The van der Waals surface area contributed by atoms with Gasteiger partial charge < -0.3 is 14.8 Å². The highest BCUT2D eigenvalue weighted by atomic mass is 16.5. The molecule has 0 spiro atoms. The van der Waals surface area contributed by atoms with Crippen molar-refractivity contribution in [2.24, 2.45) is 0 Å². The number of hydrogen-bond acceptors (Lipinski definition) is 4. The molecule has 144 valence electrons. The van der Waals surface area contributed by atoms with Gasteiger partial charge in [-0.1, -0.05) is 36.4 Å². The number of methoxy groups -OCH3 is 1. The summed E-state index contributed by atoms with van der Waals surface area (Å²) in [6.07, 6.45) is -0.793. The molecule has 0 aliphatic heterocycles. The van der Waals surface area contributed by atoms with Gasteiger partial charge in [0, 0.05) is 11.8 Å². The Labute approximate surface area is 162 Å². The number of hydrogen-bond donors (Lipinski definition) is 3. The zero-order chi connectivity index (χ0) is 19.9. The summed E-state index contributed by atoms with van der Waals surface area (Å²) in [4.78, 5) is 24.1. The molecule has 1 atom stereocenters. The van der Waals surface area contributed by atoms with E-state index in [1.54, 1.807) is 37.3 Å². The maximum Gasteiger partial charge on any atom is 0.337 e. The summed E-state index contributed by atoms with van der Waals surface area (Å²) in [7, 11) is 1.54. The molecule has 0 saturated carbocycles. The molecule has 3 N–H and O–H groups in total. The quantitative estimate of drug-likeness (QED) is 0.592. The average molecular weight is 379 g/mol. The Morgan fingerprint density at radius 3 is 2.43 bits per heavy atom. The van der Waals surface area contributed by atoms with Crippen LogP contribution in [0.25, 0.3) is 10.8 Å². The van der Waals surface area contributed by atoms with Crippen LogP contribution in [-0.4, -0.2) is 25.2 Å². The maximum absolute atomic E-state index is 12.2. The van der Waals surface area contributed by atoms with Crippen LogP contribution in [0.3, 0.4) is 0 Å². The summed E-state index contributed by atoms with van der Waals surface area (Å²) in [5.41, 5.74) is 5.16. The van der Waals surface area contributed by atoms with Gasteiger partial charge in [0.1, 0.15) is 11.5 Å². The van der Waals surface area contributed by atoms with Crippen LogP contribution >= 0.6 is 0 Å². The van der Waals surface area contributed by atoms with E-state index in [4.69, 9.17) is 9.47 Å². The molecule has 3 aromatic rings. The lowest BCUT2D eigenvalue weighted by molar-refractivity contribution is -0.127. The normalized spacial score (nSPS) is 11.4. The van der Waals surface area contributed by atoms with Crippen LogP contribution < -0.4 is 25.6 Å². The van der Waals surface area contributed by atoms with Crippen LogP contribution in [0.15, 0.2) is 66.7 Å². The summed E-state index contributed by atoms with van der Waals surface area (Å²) >= 11 is 0. The van der Waals surface area contributed by atoms with E-state index in [0.29, 0.717) is 17.2 Å². The van der Waals surface area contributed by atoms with E-state index >= 15 is 0 Å². The molecule has 0 aliphatic carbocycles. The first-order valence-corrected chi connectivity index (χ1v) is 8.71. The van der Waals surface area contributed by atoms with Crippen molar-refractivity contribution in [2.45, 2.75) is 13.0 Å². The number of nitrogens with one attached hydrogen (secondary N) is 3. The van der Waals surface area contributed by atoms with Crippen LogP contribution in [0, 0.1) is 0 Å². The van der Waals surface area contributed by atoms with E-state index in [2.05, 4.69) is 16.2 Å². The molecule has 3 aromatic carbocycles. The second kappa shape index (κ2) is 8.77. The number of ether oxygens (including phenoxy) is 2. The molecule has 7 heteroatoms. The molecule has 0 radical (unpaired) electrons. The van der Waals surface area contributed by atoms with Crippen LogP contribution in [-0.2, 0) is 4.79 Å². The second-order valence-corrected chi connectivity index (χ2v) is 6.07. The number of carbonyl (C=O) groups is 2. The number of anilines is 1. The lowest BCUT2D eigenvalue weighted by Gasteiger charge is -2.16. The van der Waals surface area contributed by atoms with E-state index in [-0.39, 0.29) is 0 Å². The molecule has 3 rings (SSSR count). The van der Waals surface area contributed by atoms with Crippen molar-refractivity contribution in [1.82, 2.24) is 10.9 Å². The van der Waals surface area contributed by atoms with Crippen LogP contribution in [0.2, 0.25) is 0 Å². The standard InChI is InChI=1S/C21H21N3O4/c1-14(28-19-11-10-15-6-3-4-7-16(15)12-19)20(25)23-24-21(26)22-17-8-5-9-18(13-17)27-2/h3-14H,1-2H3,(H,23,25)(H2,22,24,26). The van der Waals surface area contributed by atoms with Crippen LogP contribution in [0.5, 0.6) is 11.5 Å². The third-order valence-corrected chi connectivity index (χ3v) is 4.03. The minimum Gasteiger partial charge on any atom is -0.497 e. The van der Waals surface area contributed by atoms with Gasteiger partial charge in [-0.15, -0.1) is 0 Å². The Bertz CT molecular complexity index is 990. The molecule has 0 aliphatic rings. The van der Waals surface area contributed by atoms with Gasteiger partial charge >= 0.3 is 6.03 Å². The number of benzene rings is 3. The summed E-state index contributed by atoms with van der Waals surface area (Å²) in [5.74, 6) is 0.704. The second-order valence-electron chi connectivity index (χ2n) is 6.07. The predicted molar refractivity (Wildman–Crippen MR) is 107 cm³/mol. The predicted octanol–water partition coefficient (Wildman–Crippen LogP) is 3.47. The first kappa shape index (κ1) is 19.0. The van der Waals surface area contributed by atoms with E-state index < -0.39 is 18.0 Å². The zero-order valence-electron chi connectivity index (χ0n) is 15.6. The van der Waals surface area contributed by atoms with Crippen molar-refractivity contribution in [2.75, 3.05) is 12.4 Å². The molecule has 28 heavy (non-hydrogen) atoms. The van der Waals surface area contributed by atoms with Crippen molar-refractivity contribution in [3.8, 4) is 11.5 Å². The maximum atomic E-state index is 12.2. The third kappa shape index (κ3) is 4.91. The summed E-state index contributed by atoms with van der Waals surface area (Å²) in [6, 6.07) is 19.7. The Balaban J connectivity index is 1.51. The zero-order valence-corrected chi connectivity index (χ0v) is 15.6. The van der Waals surface area contributed by atoms with Crippen molar-refractivity contribution >= 4 is 28.4 Å². The smallest absolute Gasteiger partial charge is 0.337 e. The topological polar surface area (TPSA) is 88.7 Å². The monoisotopic (exact) mass is 379 g/mol. The van der Waals surface area contributed by atoms with E-state index in [1.807, 2.05) is 36.4 Å². The number of amides is 3. The fraction of sp³-hybridized carbons (Fsp3) is 0.143. The number of hydrazine groups is 1. The summed E-state index contributed by atoms with van der Waals surface area (Å²) < 4.78 is 10.8. The van der Waals surface area contributed by atoms with Gasteiger partial charge in [-0.05, 0) is 42.0 Å². The van der Waals surface area contributed by atoms with Crippen molar-refractivity contribution in [3.63, 3.8) is 0 Å². The largest absolute Gasteiger partial charge is 0.497 e. The fourth-order valence-electron chi connectivity index (χ4n) is 2.58. The Kier molecular flexibility index (Phi) is 5.96. The van der Waals surface area contributed by atoms with Gasteiger partial charge in [0.05, 0.1) is 7.11 Å². The lowest BCUT2D eigenvalue weighted by atomic mass is 10.1. The van der Waals surface area contributed by atoms with Crippen LogP contribution in [0.1, 0.15) is 6.92 Å². The van der Waals surface area contributed by atoms with Crippen molar-refractivity contribution < 1.29 is 19.1 Å². The Morgan fingerprint density at radius 1 is 0.857 bits per heavy atom. The molecule has 0 heterocycles.